The number of piperidine rings is 1. The van der Waals surface area contributed by atoms with Crippen LogP contribution < -0.4 is 0 Å². The predicted octanol–water partition coefficient (Wildman–Crippen LogP) is 3.67. The highest BCUT2D eigenvalue weighted by Gasteiger charge is 2.47. The van der Waals surface area contributed by atoms with Crippen LogP contribution >= 0.6 is 23.2 Å². The number of carboxylic acids is 1. The summed E-state index contributed by atoms with van der Waals surface area (Å²) in [6.07, 6.45) is 1.33. The molecule has 1 aromatic rings. The van der Waals surface area contributed by atoms with Gasteiger partial charge in [0, 0.05) is 29.1 Å². The number of hydrogen-bond acceptors (Lipinski definition) is 2. The molecule has 4 atom stereocenters. The standard InChI is InChI=1S/C17H19Cl2NO3/c1-9-8-20(5-4-11(9)17(22)23)16(21)14-7-13(14)12-3-2-10(18)6-15(12)19/h2-3,6,9,11,13-14H,4-5,7-8H2,1H3,(H,22,23). The molecule has 23 heavy (non-hydrogen) atoms. The maximum atomic E-state index is 12.7. The highest BCUT2D eigenvalue weighted by atomic mass is 35.5. The van der Waals surface area contributed by atoms with Gasteiger partial charge in [-0.05, 0) is 42.4 Å². The van der Waals surface area contributed by atoms with E-state index in [0.717, 1.165) is 12.0 Å². The molecule has 1 N–H and O–H groups in total. The van der Waals surface area contributed by atoms with E-state index in [1.54, 1.807) is 12.1 Å². The van der Waals surface area contributed by atoms with Gasteiger partial charge in [-0.2, -0.15) is 0 Å². The lowest BCUT2D eigenvalue weighted by Gasteiger charge is -2.35. The number of benzene rings is 1. The molecule has 1 saturated carbocycles. The van der Waals surface area contributed by atoms with Gasteiger partial charge in [0.1, 0.15) is 0 Å². The van der Waals surface area contributed by atoms with Gasteiger partial charge in [-0.1, -0.05) is 36.2 Å². The van der Waals surface area contributed by atoms with Crippen LogP contribution in [0.3, 0.4) is 0 Å². The third kappa shape index (κ3) is 3.33. The molecule has 4 unspecified atom stereocenters. The fourth-order valence-corrected chi connectivity index (χ4v) is 4.11. The number of carbonyl (C=O) groups is 2. The van der Waals surface area contributed by atoms with E-state index in [4.69, 9.17) is 28.3 Å². The van der Waals surface area contributed by atoms with Gasteiger partial charge in [-0.15, -0.1) is 0 Å². The van der Waals surface area contributed by atoms with E-state index in [9.17, 15) is 9.59 Å². The first-order chi connectivity index (χ1) is 10.9. The van der Waals surface area contributed by atoms with Gasteiger partial charge in [0.15, 0.2) is 0 Å². The molecule has 2 aliphatic rings. The molecule has 1 heterocycles. The van der Waals surface area contributed by atoms with E-state index >= 15 is 0 Å². The van der Waals surface area contributed by atoms with E-state index in [2.05, 4.69) is 0 Å². The molecule has 1 aromatic carbocycles. The zero-order chi connectivity index (χ0) is 16.7. The Bertz CT molecular complexity index is 649. The van der Waals surface area contributed by atoms with Crippen LogP contribution in [0, 0.1) is 17.8 Å². The fraction of sp³-hybridized carbons (Fsp3) is 0.529. The zero-order valence-electron chi connectivity index (χ0n) is 12.8. The summed E-state index contributed by atoms with van der Waals surface area (Å²) in [6.45, 7) is 2.95. The van der Waals surface area contributed by atoms with Crippen molar-refractivity contribution >= 4 is 35.1 Å². The van der Waals surface area contributed by atoms with E-state index < -0.39 is 5.97 Å². The Morgan fingerprint density at radius 1 is 1.26 bits per heavy atom. The SMILES string of the molecule is CC1CN(C(=O)C2CC2c2ccc(Cl)cc2Cl)CCC1C(=O)O. The summed E-state index contributed by atoms with van der Waals surface area (Å²) in [7, 11) is 0. The van der Waals surface area contributed by atoms with Gasteiger partial charge >= 0.3 is 5.97 Å². The second kappa shape index (κ2) is 6.33. The smallest absolute Gasteiger partial charge is 0.306 e. The van der Waals surface area contributed by atoms with Gasteiger partial charge in [-0.3, -0.25) is 9.59 Å². The molecule has 2 fully saturated rings. The molecule has 1 amide bonds. The van der Waals surface area contributed by atoms with Crippen molar-refractivity contribution in [2.75, 3.05) is 13.1 Å². The number of likely N-dealkylation sites (tertiary alicyclic amines) is 1. The van der Waals surface area contributed by atoms with Crippen LogP contribution in [-0.2, 0) is 9.59 Å². The van der Waals surface area contributed by atoms with Gasteiger partial charge in [0.25, 0.3) is 0 Å². The quantitative estimate of drug-likeness (QED) is 0.899. The Balaban J connectivity index is 1.64. The summed E-state index contributed by atoms with van der Waals surface area (Å²) >= 11 is 12.1. The largest absolute Gasteiger partial charge is 0.481 e. The molecule has 3 rings (SSSR count). The van der Waals surface area contributed by atoms with Crippen LogP contribution in [0.1, 0.15) is 31.2 Å². The van der Waals surface area contributed by atoms with Crippen molar-refractivity contribution in [1.82, 2.24) is 4.90 Å². The number of carbonyl (C=O) groups excluding carboxylic acids is 1. The molecule has 0 bridgehead atoms. The molecule has 6 heteroatoms. The Hall–Kier alpha value is -1.26. The number of rotatable bonds is 3. The van der Waals surface area contributed by atoms with Crippen LogP contribution in [0.15, 0.2) is 18.2 Å². The Kier molecular flexibility index (Phi) is 4.56. The van der Waals surface area contributed by atoms with Crippen molar-refractivity contribution in [3.63, 3.8) is 0 Å². The van der Waals surface area contributed by atoms with Crippen molar-refractivity contribution in [2.45, 2.75) is 25.7 Å². The van der Waals surface area contributed by atoms with Crippen molar-refractivity contribution in [2.24, 2.45) is 17.8 Å². The minimum Gasteiger partial charge on any atom is -0.481 e. The average Bonchev–Trinajstić information content (AvgIpc) is 3.26. The molecule has 1 aliphatic carbocycles. The normalized spacial score (nSPS) is 30.1. The summed E-state index contributed by atoms with van der Waals surface area (Å²) in [6, 6.07) is 5.39. The molecule has 124 valence electrons. The molecule has 0 spiro atoms. The minimum absolute atomic E-state index is 0.0125. The lowest BCUT2D eigenvalue weighted by Crippen LogP contribution is -2.45. The first kappa shape index (κ1) is 16.6. The highest BCUT2D eigenvalue weighted by Crippen LogP contribution is 2.51. The van der Waals surface area contributed by atoms with Gasteiger partial charge < -0.3 is 10.0 Å². The molecule has 1 saturated heterocycles. The Morgan fingerprint density at radius 2 is 2.00 bits per heavy atom. The molecule has 1 aliphatic heterocycles. The van der Waals surface area contributed by atoms with Gasteiger partial charge in [-0.25, -0.2) is 0 Å². The molecular formula is C17H19Cl2NO3. The molecular weight excluding hydrogens is 337 g/mol. The maximum absolute atomic E-state index is 12.7. The Labute approximate surface area is 145 Å². The lowest BCUT2D eigenvalue weighted by molar-refractivity contribution is -0.148. The van der Waals surface area contributed by atoms with Crippen LogP contribution in [0.2, 0.25) is 10.0 Å². The summed E-state index contributed by atoms with van der Waals surface area (Å²) in [5, 5.41) is 10.4. The second-order valence-electron chi connectivity index (χ2n) is 6.61. The van der Waals surface area contributed by atoms with Crippen LogP contribution in [0.4, 0.5) is 0 Å². The lowest BCUT2D eigenvalue weighted by atomic mass is 9.87. The van der Waals surface area contributed by atoms with Crippen molar-refractivity contribution in [3.05, 3.63) is 33.8 Å². The third-order valence-electron chi connectivity index (χ3n) is 5.00. The van der Waals surface area contributed by atoms with E-state index in [0.29, 0.717) is 29.6 Å². The summed E-state index contributed by atoms with van der Waals surface area (Å²) in [5.74, 6) is -0.887. The predicted molar refractivity (Wildman–Crippen MR) is 88.8 cm³/mol. The molecule has 0 aromatic heterocycles. The van der Waals surface area contributed by atoms with Gasteiger partial charge in [0.05, 0.1) is 5.92 Å². The van der Waals surface area contributed by atoms with Crippen molar-refractivity contribution in [1.29, 1.82) is 0 Å². The first-order valence-corrected chi connectivity index (χ1v) is 8.60. The Morgan fingerprint density at radius 3 is 2.61 bits per heavy atom. The summed E-state index contributed by atoms with van der Waals surface area (Å²) in [5.41, 5.74) is 0.975. The maximum Gasteiger partial charge on any atom is 0.306 e. The number of nitrogens with zero attached hydrogens (tertiary/aromatic N) is 1. The highest BCUT2D eigenvalue weighted by molar-refractivity contribution is 6.35. The second-order valence-corrected chi connectivity index (χ2v) is 7.45. The van der Waals surface area contributed by atoms with Crippen LogP contribution in [-0.4, -0.2) is 35.0 Å². The molecule has 0 radical (unpaired) electrons. The monoisotopic (exact) mass is 355 g/mol. The van der Waals surface area contributed by atoms with Crippen LogP contribution in [0.25, 0.3) is 0 Å². The fourth-order valence-electron chi connectivity index (χ4n) is 3.56. The van der Waals surface area contributed by atoms with Crippen molar-refractivity contribution < 1.29 is 14.7 Å². The van der Waals surface area contributed by atoms with E-state index in [-0.39, 0.29) is 29.6 Å². The third-order valence-corrected chi connectivity index (χ3v) is 5.57. The summed E-state index contributed by atoms with van der Waals surface area (Å²) in [4.78, 5) is 25.6. The van der Waals surface area contributed by atoms with Crippen LogP contribution in [0.5, 0.6) is 0 Å². The zero-order valence-corrected chi connectivity index (χ0v) is 14.3. The number of carboxylic acid groups (broad SMARTS) is 1. The average molecular weight is 356 g/mol. The minimum atomic E-state index is -0.762. The van der Waals surface area contributed by atoms with Crippen molar-refractivity contribution in [3.8, 4) is 0 Å². The topological polar surface area (TPSA) is 57.6 Å². The first-order valence-electron chi connectivity index (χ1n) is 7.85. The van der Waals surface area contributed by atoms with E-state index in [1.807, 2.05) is 17.9 Å². The number of aliphatic carboxylic acids is 1. The number of halogens is 2. The van der Waals surface area contributed by atoms with E-state index in [1.165, 1.54) is 0 Å². The number of amides is 1. The number of hydrogen-bond donors (Lipinski definition) is 1. The summed E-state index contributed by atoms with van der Waals surface area (Å²) < 4.78 is 0. The molecule has 4 nitrogen and oxygen atoms in total. The van der Waals surface area contributed by atoms with Gasteiger partial charge in [0.2, 0.25) is 5.91 Å².